The lowest BCUT2D eigenvalue weighted by molar-refractivity contribution is -0.139. The van der Waals surface area contributed by atoms with Crippen LogP contribution in [0.1, 0.15) is 38.5 Å². The van der Waals surface area contributed by atoms with Crippen LogP contribution in [0.15, 0.2) is 29.0 Å². The van der Waals surface area contributed by atoms with Crippen LogP contribution >= 0.6 is 0 Å². The number of hydrogen-bond donors (Lipinski definition) is 0. The van der Waals surface area contributed by atoms with Gasteiger partial charge in [0.1, 0.15) is 0 Å². The van der Waals surface area contributed by atoms with E-state index in [4.69, 9.17) is 4.52 Å². The molecule has 2 aromatic rings. The molecule has 5 heterocycles. The number of piperidine rings is 1. The molecular weight excluding hydrogens is 358 g/mol. The molecule has 0 aromatic carbocycles. The Bertz CT molecular complexity index is 837. The minimum Gasteiger partial charge on any atom is -0.340 e. The quantitative estimate of drug-likeness (QED) is 0.757. The van der Waals surface area contributed by atoms with Crippen LogP contribution in [0.25, 0.3) is 11.4 Å². The van der Waals surface area contributed by atoms with E-state index in [0.29, 0.717) is 37.6 Å². The Balaban J connectivity index is 1.37. The maximum atomic E-state index is 12.8. The van der Waals surface area contributed by atoms with E-state index < -0.39 is 0 Å². The van der Waals surface area contributed by atoms with E-state index in [1.165, 1.54) is 0 Å². The van der Waals surface area contributed by atoms with Crippen molar-refractivity contribution in [1.82, 2.24) is 24.9 Å². The number of carbonyl (C=O) groups excluding carboxylic acids is 2. The summed E-state index contributed by atoms with van der Waals surface area (Å²) in [4.78, 5) is 37.7. The molecule has 0 aliphatic carbocycles. The van der Waals surface area contributed by atoms with E-state index in [1.54, 1.807) is 12.4 Å². The van der Waals surface area contributed by atoms with Gasteiger partial charge in [0.2, 0.25) is 23.5 Å². The Morgan fingerprint density at radius 1 is 1.32 bits per heavy atom. The molecule has 2 aromatic heterocycles. The predicted molar refractivity (Wildman–Crippen MR) is 101 cm³/mol. The molecular formula is C20H25N5O3. The molecule has 0 spiro atoms. The third-order valence-corrected chi connectivity index (χ3v) is 5.55. The zero-order chi connectivity index (χ0) is 19.5. The second-order valence-corrected chi connectivity index (χ2v) is 7.51. The number of amides is 2. The van der Waals surface area contributed by atoms with Crippen molar-refractivity contribution in [2.75, 3.05) is 19.6 Å². The third-order valence-electron chi connectivity index (χ3n) is 5.55. The molecule has 2 amide bonds. The van der Waals surface area contributed by atoms with Gasteiger partial charge in [0.25, 0.3) is 0 Å². The first kappa shape index (κ1) is 18.6. The molecule has 8 nitrogen and oxygen atoms in total. The van der Waals surface area contributed by atoms with Gasteiger partial charge in [-0.15, -0.1) is 0 Å². The number of aromatic nitrogens is 3. The zero-order valence-electron chi connectivity index (χ0n) is 16.1. The monoisotopic (exact) mass is 383 g/mol. The summed E-state index contributed by atoms with van der Waals surface area (Å²) in [6, 6.07) is 3.82. The van der Waals surface area contributed by atoms with Crippen molar-refractivity contribution in [3.63, 3.8) is 0 Å². The summed E-state index contributed by atoms with van der Waals surface area (Å²) < 4.78 is 5.28. The maximum absolute atomic E-state index is 12.8. The molecule has 2 unspecified atom stereocenters. The van der Waals surface area contributed by atoms with Gasteiger partial charge in [-0.3, -0.25) is 14.6 Å². The van der Waals surface area contributed by atoms with Crippen molar-refractivity contribution in [2.45, 2.75) is 45.1 Å². The standard InChI is InChI=1S/C20H25N5O3/c1-2-10-25-16-6-5-15(20(25)27)12-24(13-16)18(26)8-7-17-22-19(23-28-17)14-4-3-9-21-11-14/h3-4,9,11,15-16H,2,5-8,10,12-13H2,1H3. The highest BCUT2D eigenvalue weighted by molar-refractivity contribution is 5.83. The van der Waals surface area contributed by atoms with Crippen LogP contribution in [0.2, 0.25) is 0 Å². The summed E-state index contributed by atoms with van der Waals surface area (Å²) in [5, 5.41) is 3.96. The number of nitrogens with zero attached hydrogens (tertiary/aromatic N) is 5. The van der Waals surface area contributed by atoms with Crippen LogP contribution in [-0.2, 0) is 16.0 Å². The summed E-state index contributed by atoms with van der Waals surface area (Å²) in [7, 11) is 0. The second kappa shape index (κ2) is 8.08. The highest BCUT2D eigenvalue weighted by atomic mass is 16.5. The molecule has 5 rings (SSSR count). The largest absolute Gasteiger partial charge is 0.340 e. The van der Waals surface area contributed by atoms with Gasteiger partial charge in [0.15, 0.2) is 0 Å². The smallest absolute Gasteiger partial charge is 0.227 e. The van der Waals surface area contributed by atoms with Crippen molar-refractivity contribution < 1.29 is 14.1 Å². The average Bonchev–Trinajstić information content (AvgIpc) is 3.03. The minimum atomic E-state index is -0.0603. The molecule has 3 aliphatic rings. The van der Waals surface area contributed by atoms with Gasteiger partial charge >= 0.3 is 0 Å². The summed E-state index contributed by atoms with van der Waals surface area (Å²) in [5.41, 5.74) is 0.780. The van der Waals surface area contributed by atoms with Crippen LogP contribution in [-0.4, -0.2) is 62.4 Å². The third kappa shape index (κ3) is 3.76. The van der Waals surface area contributed by atoms with Gasteiger partial charge in [0, 0.05) is 56.5 Å². The van der Waals surface area contributed by atoms with E-state index in [-0.39, 0.29) is 23.8 Å². The molecule has 3 fully saturated rings. The fourth-order valence-electron chi connectivity index (χ4n) is 4.12. The van der Waals surface area contributed by atoms with E-state index in [9.17, 15) is 9.59 Å². The Morgan fingerprint density at radius 2 is 2.21 bits per heavy atom. The highest BCUT2D eigenvalue weighted by Gasteiger charge is 2.41. The van der Waals surface area contributed by atoms with Gasteiger partial charge in [-0.1, -0.05) is 12.1 Å². The number of aryl methyl sites for hydroxylation is 1. The highest BCUT2D eigenvalue weighted by Crippen LogP contribution is 2.29. The number of hydrogen-bond acceptors (Lipinski definition) is 6. The predicted octanol–water partition coefficient (Wildman–Crippen LogP) is 1.92. The summed E-state index contributed by atoms with van der Waals surface area (Å²) in [6.07, 6.45) is 6.86. The molecule has 2 atom stereocenters. The van der Waals surface area contributed by atoms with E-state index >= 15 is 0 Å². The molecule has 8 heteroatoms. The number of carbonyl (C=O) groups is 2. The van der Waals surface area contributed by atoms with Crippen molar-refractivity contribution in [2.24, 2.45) is 5.92 Å². The molecule has 2 bridgehead atoms. The number of pyridine rings is 1. The molecule has 3 saturated heterocycles. The Kier molecular flexibility index (Phi) is 5.36. The van der Waals surface area contributed by atoms with Crippen molar-refractivity contribution >= 4 is 11.8 Å². The van der Waals surface area contributed by atoms with E-state index in [1.807, 2.05) is 21.9 Å². The fourth-order valence-corrected chi connectivity index (χ4v) is 4.12. The first-order valence-corrected chi connectivity index (χ1v) is 9.97. The maximum Gasteiger partial charge on any atom is 0.227 e. The summed E-state index contributed by atoms with van der Waals surface area (Å²) in [5.74, 6) is 1.11. The lowest BCUT2D eigenvalue weighted by Gasteiger charge is -2.35. The fraction of sp³-hybridized carbons (Fsp3) is 0.550. The minimum absolute atomic E-state index is 0.0455. The average molecular weight is 383 g/mol. The SMILES string of the molecule is CCCN1C(=O)C2CCC1CN(C(=O)CCc1nc(-c3cccnc3)no1)C2. The lowest BCUT2D eigenvalue weighted by atomic mass is 9.94. The number of rotatable bonds is 6. The van der Waals surface area contributed by atoms with Gasteiger partial charge in [-0.25, -0.2) is 0 Å². The topological polar surface area (TPSA) is 92.4 Å². The van der Waals surface area contributed by atoms with Gasteiger partial charge < -0.3 is 14.3 Å². The van der Waals surface area contributed by atoms with Crippen LogP contribution in [0.5, 0.6) is 0 Å². The van der Waals surface area contributed by atoms with Crippen LogP contribution in [0.3, 0.4) is 0 Å². The van der Waals surface area contributed by atoms with E-state index in [0.717, 1.165) is 31.4 Å². The Labute approximate surface area is 163 Å². The molecule has 28 heavy (non-hydrogen) atoms. The summed E-state index contributed by atoms with van der Waals surface area (Å²) in [6.45, 7) is 4.02. The van der Waals surface area contributed by atoms with Crippen LogP contribution in [0.4, 0.5) is 0 Å². The second-order valence-electron chi connectivity index (χ2n) is 7.51. The molecule has 0 N–H and O–H groups in total. The van der Waals surface area contributed by atoms with E-state index in [2.05, 4.69) is 22.0 Å². The van der Waals surface area contributed by atoms with Crippen LogP contribution < -0.4 is 0 Å². The first-order valence-electron chi connectivity index (χ1n) is 9.97. The van der Waals surface area contributed by atoms with Crippen molar-refractivity contribution in [1.29, 1.82) is 0 Å². The Hall–Kier alpha value is -2.77. The van der Waals surface area contributed by atoms with Gasteiger partial charge in [-0.05, 0) is 31.4 Å². The van der Waals surface area contributed by atoms with Crippen LogP contribution in [0, 0.1) is 5.92 Å². The zero-order valence-corrected chi connectivity index (χ0v) is 16.1. The molecule has 0 radical (unpaired) electrons. The lowest BCUT2D eigenvalue weighted by Crippen LogP contribution is -2.48. The summed E-state index contributed by atoms with van der Waals surface area (Å²) >= 11 is 0. The number of fused-ring (bicyclic) bond motifs is 4. The molecule has 0 saturated carbocycles. The Morgan fingerprint density at radius 3 is 3.00 bits per heavy atom. The van der Waals surface area contributed by atoms with Gasteiger partial charge in [0.05, 0.1) is 5.92 Å². The van der Waals surface area contributed by atoms with Crippen molar-refractivity contribution in [3.8, 4) is 11.4 Å². The molecule has 3 aliphatic heterocycles. The van der Waals surface area contributed by atoms with Gasteiger partial charge in [-0.2, -0.15) is 4.98 Å². The normalized spacial score (nSPS) is 21.8. The first-order chi connectivity index (χ1) is 13.7. The van der Waals surface area contributed by atoms with Crippen molar-refractivity contribution in [3.05, 3.63) is 30.4 Å². The molecule has 148 valence electrons.